The summed E-state index contributed by atoms with van der Waals surface area (Å²) in [6, 6.07) is 20.5. The summed E-state index contributed by atoms with van der Waals surface area (Å²) in [5.74, 6) is 0.976. The van der Waals surface area contributed by atoms with Gasteiger partial charge in [0.1, 0.15) is 5.82 Å². The van der Waals surface area contributed by atoms with Crippen LogP contribution in [0.25, 0.3) is 10.9 Å². The zero-order chi connectivity index (χ0) is 29.2. The van der Waals surface area contributed by atoms with Gasteiger partial charge in [0.15, 0.2) is 0 Å². The molecule has 1 saturated heterocycles. The third-order valence-electron chi connectivity index (χ3n) is 7.61. The molecule has 4 aromatic rings. The van der Waals surface area contributed by atoms with Crippen LogP contribution in [-0.2, 0) is 11.2 Å². The van der Waals surface area contributed by atoms with E-state index in [-0.39, 0.29) is 11.7 Å². The highest BCUT2D eigenvalue weighted by atomic mass is 19.1. The number of ether oxygens (including phenoxy) is 1. The molecule has 6 heteroatoms. The highest BCUT2D eigenvalue weighted by Crippen LogP contribution is 2.32. The number of para-hydroxylation sites is 1. The topological polar surface area (TPSA) is 66.1 Å². The Labute approximate surface area is 243 Å². The zero-order valence-corrected chi connectivity index (χ0v) is 24.9. The molecular formula is C35H44FN3O2. The average Bonchev–Trinajstić information content (AvgIpc) is 3.32. The first-order valence-electron chi connectivity index (χ1n) is 15.1. The molecule has 0 saturated carbocycles. The van der Waals surface area contributed by atoms with Crippen LogP contribution in [0.3, 0.4) is 0 Å². The summed E-state index contributed by atoms with van der Waals surface area (Å²) < 4.78 is 18.9. The molecule has 1 aliphatic heterocycles. The fourth-order valence-electron chi connectivity index (χ4n) is 5.18. The molecule has 3 aromatic carbocycles. The number of aryl methyl sites for hydroxylation is 1. The molecule has 1 atom stereocenters. The highest BCUT2D eigenvalue weighted by Gasteiger charge is 2.16. The van der Waals surface area contributed by atoms with Crippen molar-refractivity contribution in [2.75, 3.05) is 23.8 Å². The summed E-state index contributed by atoms with van der Waals surface area (Å²) in [6.07, 6.45) is 6.70. The molecule has 0 aliphatic carbocycles. The van der Waals surface area contributed by atoms with Crippen LogP contribution in [0.1, 0.15) is 87.3 Å². The number of hydrogen-bond acceptors (Lipinski definition) is 3. The van der Waals surface area contributed by atoms with Gasteiger partial charge in [0, 0.05) is 33.8 Å². The molecule has 0 spiro atoms. The Hall–Kier alpha value is -3.64. The minimum Gasteiger partial charge on any atom is -0.381 e. The van der Waals surface area contributed by atoms with Gasteiger partial charge in [0.25, 0.3) is 5.91 Å². The number of rotatable bonds is 11. The van der Waals surface area contributed by atoms with Crippen LogP contribution in [0.2, 0.25) is 0 Å². The maximum atomic E-state index is 14.1. The van der Waals surface area contributed by atoms with Gasteiger partial charge < -0.3 is 20.4 Å². The van der Waals surface area contributed by atoms with Crippen molar-refractivity contribution in [1.29, 1.82) is 0 Å². The molecule has 218 valence electrons. The van der Waals surface area contributed by atoms with Gasteiger partial charge in [0.05, 0.1) is 24.6 Å². The van der Waals surface area contributed by atoms with Crippen molar-refractivity contribution in [3.05, 3.63) is 89.4 Å². The number of H-pyrrole nitrogens is 1. The molecule has 1 amide bonds. The molecule has 41 heavy (non-hydrogen) atoms. The van der Waals surface area contributed by atoms with E-state index in [1.54, 1.807) is 18.2 Å². The summed E-state index contributed by atoms with van der Waals surface area (Å²) in [7, 11) is 0. The SMILES string of the molecule is CC1COC1.CCCCC(CCC)c1ccc(C(=O)Nc2c(CC)[nH]c3cc(Nc4ccccc4F)ccc23)cc1. The number of carbonyl (C=O) groups is 1. The third kappa shape index (κ3) is 7.98. The van der Waals surface area contributed by atoms with Crippen molar-refractivity contribution in [3.63, 3.8) is 0 Å². The monoisotopic (exact) mass is 557 g/mol. The molecule has 1 unspecified atom stereocenters. The van der Waals surface area contributed by atoms with Gasteiger partial charge >= 0.3 is 0 Å². The van der Waals surface area contributed by atoms with E-state index in [4.69, 9.17) is 4.74 Å². The minimum absolute atomic E-state index is 0.119. The van der Waals surface area contributed by atoms with Crippen LogP contribution < -0.4 is 10.6 Å². The van der Waals surface area contributed by atoms with Crippen molar-refractivity contribution in [1.82, 2.24) is 4.98 Å². The lowest BCUT2D eigenvalue weighted by Gasteiger charge is -2.20. The molecule has 5 nitrogen and oxygen atoms in total. The van der Waals surface area contributed by atoms with Crippen LogP contribution in [-0.4, -0.2) is 24.1 Å². The van der Waals surface area contributed by atoms with Crippen LogP contribution in [0, 0.1) is 11.7 Å². The Bertz CT molecular complexity index is 1410. The van der Waals surface area contributed by atoms with Crippen molar-refractivity contribution in [2.24, 2.45) is 5.92 Å². The van der Waals surface area contributed by atoms with E-state index in [2.05, 4.69) is 55.4 Å². The predicted molar refractivity (Wildman–Crippen MR) is 169 cm³/mol. The zero-order valence-electron chi connectivity index (χ0n) is 24.9. The standard InChI is InChI=1S/C31H36FN3O.C4H8O/c1-4-7-11-21(10-5-2)22-14-16-23(17-15-22)31(36)35-30-25-19-18-24(20-29(25)34-27(30)6-3)33-28-13-9-8-12-26(28)32;1-4-2-5-3-4/h8-9,12-21,33-34H,4-7,10-11H2,1-3H3,(H,35,36);4H,2-3H2,1H3. The van der Waals surface area contributed by atoms with Gasteiger partial charge in [-0.1, -0.05) is 71.2 Å². The minimum atomic E-state index is -0.302. The molecule has 0 radical (unpaired) electrons. The summed E-state index contributed by atoms with van der Waals surface area (Å²) in [6.45, 7) is 10.7. The van der Waals surface area contributed by atoms with Crippen LogP contribution in [0.4, 0.5) is 21.5 Å². The Balaban J connectivity index is 0.000000699. The first-order valence-corrected chi connectivity index (χ1v) is 15.1. The number of nitrogens with one attached hydrogen (secondary N) is 3. The Morgan fingerprint density at radius 2 is 1.73 bits per heavy atom. The second-order valence-electron chi connectivity index (χ2n) is 11.0. The van der Waals surface area contributed by atoms with E-state index in [0.29, 0.717) is 17.2 Å². The molecule has 0 bridgehead atoms. The molecule has 5 rings (SSSR count). The summed E-state index contributed by atoms with van der Waals surface area (Å²) in [5, 5.41) is 7.20. The Kier molecular flexibility index (Phi) is 11.0. The van der Waals surface area contributed by atoms with Gasteiger partial charge in [-0.2, -0.15) is 0 Å². The van der Waals surface area contributed by atoms with E-state index < -0.39 is 0 Å². The molecule has 3 N–H and O–H groups in total. The average molecular weight is 558 g/mol. The molecule has 2 heterocycles. The predicted octanol–water partition coefficient (Wildman–Crippen LogP) is 9.59. The number of carbonyl (C=O) groups excluding carboxylic acids is 1. The van der Waals surface area contributed by atoms with E-state index in [1.807, 2.05) is 30.3 Å². The maximum Gasteiger partial charge on any atom is 0.255 e. The normalized spacial score (nSPS) is 13.7. The largest absolute Gasteiger partial charge is 0.381 e. The molecular weight excluding hydrogens is 513 g/mol. The number of hydrogen-bond donors (Lipinski definition) is 3. The van der Waals surface area contributed by atoms with Crippen molar-refractivity contribution >= 4 is 33.9 Å². The number of benzene rings is 3. The van der Waals surface area contributed by atoms with Crippen LogP contribution in [0.15, 0.2) is 66.7 Å². The Morgan fingerprint density at radius 1 is 1.00 bits per heavy atom. The second kappa shape index (κ2) is 14.8. The van der Waals surface area contributed by atoms with E-state index >= 15 is 0 Å². The lowest BCUT2D eigenvalue weighted by atomic mass is 9.89. The van der Waals surface area contributed by atoms with Crippen LogP contribution >= 0.6 is 0 Å². The molecule has 1 fully saturated rings. The van der Waals surface area contributed by atoms with Gasteiger partial charge in [-0.25, -0.2) is 4.39 Å². The summed E-state index contributed by atoms with van der Waals surface area (Å²) >= 11 is 0. The maximum absolute atomic E-state index is 14.1. The third-order valence-corrected chi connectivity index (χ3v) is 7.61. The van der Waals surface area contributed by atoms with Gasteiger partial charge in [-0.3, -0.25) is 4.79 Å². The number of aromatic amines is 1. The van der Waals surface area contributed by atoms with Gasteiger partial charge in [0.2, 0.25) is 0 Å². The van der Waals surface area contributed by atoms with E-state index in [9.17, 15) is 9.18 Å². The van der Waals surface area contributed by atoms with Gasteiger partial charge in [-0.15, -0.1) is 0 Å². The summed E-state index contributed by atoms with van der Waals surface area (Å²) in [4.78, 5) is 16.6. The molecule has 1 aliphatic rings. The highest BCUT2D eigenvalue weighted by molar-refractivity contribution is 6.10. The van der Waals surface area contributed by atoms with Crippen LogP contribution in [0.5, 0.6) is 0 Å². The second-order valence-corrected chi connectivity index (χ2v) is 11.0. The van der Waals surface area contributed by atoms with Crippen molar-refractivity contribution in [2.45, 2.75) is 72.1 Å². The van der Waals surface area contributed by atoms with E-state index in [0.717, 1.165) is 59.9 Å². The fourth-order valence-corrected chi connectivity index (χ4v) is 5.18. The fraction of sp³-hybridized carbons (Fsp3) is 0.400. The lowest BCUT2D eigenvalue weighted by molar-refractivity contribution is -0.0221. The number of amides is 1. The first kappa shape index (κ1) is 30.3. The van der Waals surface area contributed by atoms with E-state index in [1.165, 1.54) is 37.3 Å². The van der Waals surface area contributed by atoms with Crippen molar-refractivity contribution < 1.29 is 13.9 Å². The summed E-state index contributed by atoms with van der Waals surface area (Å²) in [5.41, 5.74) is 5.81. The number of halogens is 1. The smallest absolute Gasteiger partial charge is 0.255 e. The number of unbranched alkanes of at least 4 members (excludes halogenated alkanes) is 1. The van der Waals surface area contributed by atoms with Gasteiger partial charge in [-0.05, 0) is 73.2 Å². The molecule has 1 aromatic heterocycles. The Morgan fingerprint density at radius 3 is 2.34 bits per heavy atom. The number of anilines is 3. The first-order chi connectivity index (χ1) is 19.9. The number of aromatic nitrogens is 1. The lowest BCUT2D eigenvalue weighted by Crippen LogP contribution is -2.23. The quantitative estimate of drug-likeness (QED) is 0.172. The van der Waals surface area contributed by atoms with Crippen molar-refractivity contribution in [3.8, 4) is 0 Å². The number of fused-ring (bicyclic) bond motifs is 1.